The van der Waals surface area contributed by atoms with Crippen LogP contribution in [-0.4, -0.2) is 37.3 Å². The van der Waals surface area contributed by atoms with E-state index in [-0.39, 0.29) is 10.6 Å². The Kier molecular flexibility index (Phi) is 5.92. The van der Waals surface area contributed by atoms with Crippen LogP contribution in [0, 0.1) is 23.2 Å². The van der Waals surface area contributed by atoms with Crippen molar-refractivity contribution in [3.8, 4) is 17.5 Å². The van der Waals surface area contributed by atoms with E-state index in [1.807, 2.05) is 18.2 Å². The molecule has 3 heterocycles. The van der Waals surface area contributed by atoms with Gasteiger partial charge < -0.3 is 9.32 Å². The third-order valence-electron chi connectivity index (χ3n) is 6.71. The summed E-state index contributed by atoms with van der Waals surface area (Å²) in [5.41, 5.74) is 3.16. The Morgan fingerprint density at radius 1 is 1.03 bits per heavy atom. The van der Waals surface area contributed by atoms with Crippen LogP contribution in [0.15, 0.2) is 57.8 Å². The van der Waals surface area contributed by atoms with Crippen LogP contribution < -0.4 is 4.90 Å². The van der Waals surface area contributed by atoms with Gasteiger partial charge in [0.15, 0.2) is 0 Å². The highest BCUT2D eigenvalue weighted by Gasteiger charge is 2.30. The predicted octanol–water partition coefficient (Wildman–Crippen LogP) is 4.44. The van der Waals surface area contributed by atoms with Gasteiger partial charge in [-0.3, -0.25) is 0 Å². The number of rotatable bonds is 4. The molecule has 0 bridgehead atoms. The second-order valence-corrected chi connectivity index (χ2v) is 11.5. The lowest BCUT2D eigenvalue weighted by Crippen LogP contribution is -2.38. The molecule has 1 fully saturated rings. The van der Waals surface area contributed by atoms with E-state index in [9.17, 15) is 13.7 Å². The summed E-state index contributed by atoms with van der Waals surface area (Å²) in [7, 11) is -3.62. The maximum atomic E-state index is 13.3. The zero-order chi connectivity index (χ0) is 23.9. The second-order valence-electron chi connectivity index (χ2n) is 9.52. The van der Waals surface area contributed by atoms with Gasteiger partial charge in [-0.25, -0.2) is 8.42 Å². The van der Waals surface area contributed by atoms with Gasteiger partial charge in [0.1, 0.15) is 6.07 Å². The maximum Gasteiger partial charge on any atom is 0.243 e. The van der Waals surface area contributed by atoms with Gasteiger partial charge in [0.05, 0.1) is 4.90 Å². The molecule has 34 heavy (non-hydrogen) atoms. The van der Waals surface area contributed by atoms with E-state index in [0.29, 0.717) is 48.7 Å². The number of hydrogen-bond acceptors (Lipinski definition) is 6. The number of nitriles is 1. The number of sulfonamides is 1. The van der Waals surface area contributed by atoms with Crippen LogP contribution in [0.1, 0.15) is 37.1 Å². The molecule has 0 N–H and O–H groups in total. The first kappa shape index (κ1) is 22.6. The van der Waals surface area contributed by atoms with Gasteiger partial charge in [0, 0.05) is 31.7 Å². The number of piperidine rings is 1. The summed E-state index contributed by atoms with van der Waals surface area (Å²) in [6, 6.07) is 16.7. The zero-order valence-corrected chi connectivity index (χ0v) is 20.3. The normalized spacial score (nSPS) is 21.1. The van der Waals surface area contributed by atoms with Crippen LogP contribution in [-0.2, 0) is 23.0 Å². The fraction of sp³-hybridized carbons (Fsp3) is 0.385. The number of fused-ring (bicyclic) bond motifs is 1. The first-order valence-corrected chi connectivity index (χ1v) is 13.1. The van der Waals surface area contributed by atoms with E-state index in [0.717, 1.165) is 25.1 Å². The molecule has 0 saturated carbocycles. The smallest absolute Gasteiger partial charge is 0.243 e. The third kappa shape index (κ3) is 4.22. The Morgan fingerprint density at radius 3 is 2.38 bits per heavy atom. The van der Waals surface area contributed by atoms with Gasteiger partial charge in [-0.2, -0.15) is 14.6 Å². The van der Waals surface area contributed by atoms with Crippen LogP contribution in [0.25, 0.3) is 11.5 Å². The third-order valence-corrected chi connectivity index (χ3v) is 8.57. The molecule has 2 aliphatic heterocycles. The summed E-state index contributed by atoms with van der Waals surface area (Å²) >= 11 is 0. The monoisotopic (exact) mass is 476 g/mol. The van der Waals surface area contributed by atoms with Gasteiger partial charge >= 0.3 is 0 Å². The summed E-state index contributed by atoms with van der Waals surface area (Å²) in [5, 5.41) is 9.62. The van der Waals surface area contributed by atoms with Gasteiger partial charge in [0.2, 0.25) is 27.5 Å². The van der Waals surface area contributed by atoms with E-state index >= 15 is 0 Å². The molecular weight excluding hydrogens is 448 g/mol. The molecule has 0 unspecified atom stereocenters. The molecule has 2 aliphatic rings. The van der Waals surface area contributed by atoms with Gasteiger partial charge in [-0.1, -0.05) is 38.1 Å². The highest BCUT2D eigenvalue weighted by molar-refractivity contribution is 7.89. The Hall–Kier alpha value is -3.15. The molecule has 0 aliphatic carbocycles. The average Bonchev–Trinajstić information content (AvgIpc) is 3.28. The number of oxazole rings is 1. The molecule has 1 aromatic heterocycles. The van der Waals surface area contributed by atoms with Crippen molar-refractivity contribution in [1.82, 2.24) is 9.29 Å². The Labute approximate surface area is 200 Å². The second kappa shape index (κ2) is 8.90. The SMILES string of the molecule is C[C@@H]1C[C@H](C)CN(c2oc(-c3ccc(S(=O)(=O)N4CCc5ccccc5C4)cc3)nc2C#N)C1. The van der Waals surface area contributed by atoms with E-state index in [4.69, 9.17) is 4.42 Å². The Balaban J connectivity index is 1.38. The number of nitrogens with zero attached hydrogens (tertiary/aromatic N) is 4. The molecule has 0 amide bonds. The summed E-state index contributed by atoms with van der Waals surface area (Å²) in [6.07, 6.45) is 1.86. The van der Waals surface area contributed by atoms with Crippen molar-refractivity contribution in [2.45, 2.75) is 38.1 Å². The van der Waals surface area contributed by atoms with Crippen molar-refractivity contribution in [2.24, 2.45) is 11.8 Å². The number of aromatic nitrogens is 1. The molecule has 2 atom stereocenters. The minimum absolute atomic E-state index is 0.238. The molecule has 1 saturated heterocycles. The van der Waals surface area contributed by atoms with Crippen LogP contribution in [0.2, 0.25) is 0 Å². The summed E-state index contributed by atoms with van der Waals surface area (Å²) in [6.45, 7) is 6.88. The van der Waals surface area contributed by atoms with Crippen molar-refractivity contribution in [3.63, 3.8) is 0 Å². The minimum Gasteiger partial charge on any atom is -0.419 e. The molecule has 0 radical (unpaired) electrons. The number of anilines is 1. The summed E-state index contributed by atoms with van der Waals surface area (Å²) in [4.78, 5) is 6.74. The zero-order valence-electron chi connectivity index (χ0n) is 19.4. The highest BCUT2D eigenvalue weighted by Crippen LogP contribution is 2.33. The Morgan fingerprint density at radius 2 is 1.71 bits per heavy atom. The van der Waals surface area contributed by atoms with Crippen molar-refractivity contribution in [1.29, 1.82) is 5.26 Å². The lowest BCUT2D eigenvalue weighted by molar-refractivity contribution is 0.344. The lowest BCUT2D eigenvalue weighted by atomic mass is 9.92. The van der Waals surface area contributed by atoms with Crippen molar-refractivity contribution >= 4 is 15.9 Å². The predicted molar refractivity (Wildman–Crippen MR) is 130 cm³/mol. The van der Waals surface area contributed by atoms with Crippen LogP contribution in [0.5, 0.6) is 0 Å². The van der Waals surface area contributed by atoms with Crippen molar-refractivity contribution in [3.05, 3.63) is 65.4 Å². The minimum atomic E-state index is -3.62. The highest BCUT2D eigenvalue weighted by atomic mass is 32.2. The molecule has 0 spiro atoms. The fourth-order valence-electron chi connectivity index (χ4n) is 5.15. The standard InChI is InChI=1S/C26H28N4O3S/c1-18-13-19(2)16-29(15-18)26-24(14-27)28-25(33-26)21-7-9-23(10-8-21)34(31,32)30-12-11-20-5-3-4-6-22(20)17-30/h3-10,18-19H,11-13,15-17H2,1-2H3/t18-,19+. The van der Waals surface area contributed by atoms with Crippen LogP contribution in [0.3, 0.4) is 0 Å². The summed E-state index contributed by atoms with van der Waals surface area (Å²) < 4.78 is 34.1. The average molecular weight is 477 g/mol. The Bertz CT molecular complexity index is 1330. The molecule has 176 valence electrons. The largest absolute Gasteiger partial charge is 0.419 e. The topological polar surface area (TPSA) is 90.4 Å². The lowest BCUT2D eigenvalue weighted by Gasteiger charge is -2.34. The van der Waals surface area contributed by atoms with Crippen LogP contribution in [0.4, 0.5) is 5.88 Å². The van der Waals surface area contributed by atoms with Crippen molar-refractivity contribution < 1.29 is 12.8 Å². The quantitative estimate of drug-likeness (QED) is 0.553. The number of hydrogen-bond donors (Lipinski definition) is 0. The maximum absolute atomic E-state index is 13.3. The first-order valence-electron chi connectivity index (χ1n) is 11.7. The van der Waals surface area contributed by atoms with E-state index in [2.05, 4.69) is 35.9 Å². The molecule has 3 aromatic rings. The summed E-state index contributed by atoms with van der Waals surface area (Å²) in [5.74, 6) is 1.85. The fourth-order valence-corrected chi connectivity index (χ4v) is 6.56. The van der Waals surface area contributed by atoms with Gasteiger partial charge in [0.25, 0.3) is 0 Å². The van der Waals surface area contributed by atoms with E-state index in [1.165, 1.54) is 9.87 Å². The van der Waals surface area contributed by atoms with E-state index in [1.54, 1.807) is 24.3 Å². The molecule has 2 aromatic carbocycles. The van der Waals surface area contributed by atoms with Crippen LogP contribution >= 0.6 is 0 Å². The molecule has 7 nitrogen and oxygen atoms in total. The molecule has 8 heteroatoms. The van der Waals surface area contributed by atoms with Crippen molar-refractivity contribution in [2.75, 3.05) is 24.5 Å². The molecular formula is C26H28N4O3S. The molecule has 5 rings (SSSR count). The first-order chi connectivity index (χ1) is 16.3. The van der Waals surface area contributed by atoms with Gasteiger partial charge in [-0.15, -0.1) is 0 Å². The number of benzene rings is 2. The van der Waals surface area contributed by atoms with E-state index < -0.39 is 10.0 Å². The van der Waals surface area contributed by atoms with Gasteiger partial charge in [-0.05, 0) is 60.1 Å².